The molecule has 0 aliphatic heterocycles. The van der Waals surface area contributed by atoms with Gasteiger partial charge < -0.3 is 5.32 Å². The standard InChI is InChI=1S/C15H13BrClF2N/c1-2-20-15(11-5-3-10(19)8-13(11)16)12-7-9(18)4-6-14(12)17/h3-8,15,20H,2H2,1H3. The van der Waals surface area contributed by atoms with Crippen molar-refractivity contribution in [3.05, 3.63) is 68.7 Å². The van der Waals surface area contributed by atoms with Crippen LogP contribution in [-0.2, 0) is 0 Å². The molecule has 2 aromatic rings. The molecular weight excluding hydrogens is 348 g/mol. The van der Waals surface area contributed by atoms with E-state index in [0.717, 1.165) is 5.56 Å². The molecule has 0 spiro atoms. The van der Waals surface area contributed by atoms with Crippen molar-refractivity contribution in [3.8, 4) is 0 Å². The molecule has 2 aromatic carbocycles. The van der Waals surface area contributed by atoms with Crippen LogP contribution in [0.2, 0.25) is 5.02 Å². The second-order valence-corrected chi connectivity index (χ2v) is 5.58. The molecule has 0 bridgehead atoms. The monoisotopic (exact) mass is 359 g/mol. The average Bonchev–Trinajstić information content (AvgIpc) is 2.40. The fraction of sp³-hybridized carbons (Fsp3) is 0.200. The van der Waals surface area contributed by atoms with Gasteiger partial charge in [-0.15, -0.1) is 0 Å². The predicted molar refractivity (Wildman–Crippen MR) is 81.0 cm³/mol. The van der Waals surface area contributed by atoms with Crippen LogP contribution in [-0.4, -0.2) is 6.54 Å². The van der Waals surface area contributed by atoms with E-state index in [-0.39, 0.29) is 17.7 Å². The third-order valence-corrected chi connectivity index (χ3v) is 3.98. The molecular formula is C15H13BrClF2N. The van der Waals surface area contributed by atoms with Crippen LogP contribution in [0.4, 0.5) is 8.78 Å². The lowest BCUT2D eigenvalue weighted by molar-refractivity contribution is 0.597. The van der Waals surface area contributed by atoms with Crippen molar-refractivity contribution in [1.29, 1.82) is 0 Å². The number of rotatable bonds is 4. The number of benzene rings is 2. The van der Waals surface area contributed by atoms with Gasteiger partial charge in [-0.3, -0.25) is 0 Å². The molecule has 1 N–H and O–H groups in total. The maximum atomic E-state index is 13.5. The molecule has 1 nitrogen and oxygen atoms in total. The first-order valence-corrected chi connectivity index (χ1v) is 7.33. The summed E-state index contributed by atoms with van der Waals surface area (Å²) in [6.45, 7) is 2.61. The lowest BCUT2D eigenvalue weighted by atomic mass is 9.98. The van der Waals surface area contributed by atoms with Crippen molar-refractivity contribution < 1.29 is 8.78 Å². The van der Waals surface area contributed by atoms with Gasteiger partial charge in [0.25, 0.3) is 0 Å². The Labute approximate surface area is 130 Å². The minimum Gasteiger partial charge on any atom is -0.306 e. The molecule has 0 heterocycles. The minimum absolute atomic E-state index is 0.307. The second-order valence-electron chi connectivity index (χ2n) is 4.32. The van der Waals surface area contributed by atoms with Gasteiger partial charge in [0, 0.05) is 9.50 Å². The number of hydrogen-bond donors (Lipinski definition) is 1. The zero-order valence-electron chi connectivity index (χ0n) is 10.8. The molecule has 106 valence electrons. The van der Waals surface area contributed by atoms with E-state index in [1.54, 1.807) is 6.07 Å². The van der Waals surface area contributed by atoms with Crippen molar-refractivity contribution in [2.75, 3.05) is 6.54 Å². The van der Waals surface area contributed by atoms with Crippen LogP contribution >= 0.6 is 27.5 Å². The number of halogens is 4. The van der Waals surface area contributed by atoms with Gasteiger partial charge in [0.2, 0.25) is 0 Å². The van der Waals surface area contributed by atoms with E-state index >= 15 is 0 Å². The quantitative estimate of drug-likeness (QED) is 0.802. The molecule has 0 saturated heterocycles. The molecule has 0 aliphatic carbocycles. The predicted octanol–water partition coefficient (Wildman–Crippen LogP) is 5.08. The van der Waals surface area contributed by atoms with Crippen molar-refractivity contribution in [2.24, 2.45) is 0 Å². The van der Waals surface area contributed by atoms with Crippen molar-refractivity contribution in [3.63, 3.8) is 0 Å². The lowest BCUT2D eigenvalue weighted by Gasteiger charge is -2.21. The summed E-state index contributed by atoms with van der Waals surface area (Å²) in [7, 11) is 0. The fourth-order valence-corrected chi connectivity index (χ4v) is 2.87. The Hall–Kier alpha value is -0.970. The third kappa shape index (κ3) is 3.37. The summed E-state index contributed by atoms with van der Waals surface area (Å²) < 4.78 is 27.3. The normalized spacial score (nSPS) is 12.4. The Kier molecular flexibility index (Phi) is 5.13. The molecule has 1 atom stereocenters. The highest BCUT2D eigenvalue weighted by Crippen LogP contribution is 2.33. The first-order chi connectivity index (χ1) is 9.52. The first kappa shape index (κ1) is 15.4. The van der Waals surface area contributed by atoms with Crippen LogP contribution in [0.5, 0.6) is 0 Å². The van der Waals surface area contributed by atoms with Gasteiger partial charge in [0.15, 0.2) is 0 Å². The molecule has 1 unspecified atom stereocenters. The molecule has 0 aromatic heterocycles. The summed E-state index contributed by atoms with van der Waals surface area (Å²) >= 11 is 9.51. The van der Waals surface area contributed by atoms with E-state index in [1.807, 2.05) is 6.92 Å². The van der Waals surface area contributed by atoms with E-state index in [2.05, 4.69) is 21.2 Å². The summed E-state index contributed by atoms with van der Waals surface area (Å²) in [4.78, 5) is 0. The number of nitrogens with one attached hydrogen (secondary N) is 1. The fourth-order valence-electron chi connectivity index (χ4n) is 2.06. The van der Waals surface area contributed by atoms with Crippen LogP contribution < -0.4 is 5.32 Å². The second kappa shape index (κ2) is 6.66. The van der Waals surface area contributed by atoms with Crippen molar-refractivity contribution in [1.82, 2.24) is 5.32 Å². The van der Waals surface area contributed by atoms with Gasteiger partial charge in [-0.05, 0) is 48.0 Å². The lowest BCUT2D eigenvalue weighted by Crippen LogP contribution is -2.23. The summed E-state index contributed by atoms with van der Waals surface area (Å²) in [5, 5.41) is 3.71. The summed E-state index contributed by atoms with van der Waals surface area (Å²) in [6, 6.07) is 8.34. The largest absolute Gasteiger partial charge is 0.306 e. The van der Waals surface area contributed by atoms with Crippen LogP contribution in [0.1, 0.15) is 24.1 Å². The maximum Gasteiger partial charge on any atom is 0.124 e. The molecule has 0 aliphatic rings. The zero-order chi connectivity index (χ0) is 14.7. The number of hydrogen-bond acceptors (Lipinski definition) is 1. The Balaban J connectivity index is 2.53. The minimum atomic E-state index is -0.356. The Morgan fingerprint density at radius 2 is 1.75 bits per heavy atom. The van der Waals surface area contributed by atoms with E-state index in [0.29, 0.717) is 21.6 Å². The van der Waals surface area contributed by atoms with Gasteiger partial charge in [-0.25, -0.2) is 8.78 Å². The Morgan fingerprint density at radius 3 is 2.40 bits per heavy atom. The van der Waals surface area contributed by atoms with Crippen molar-refractivity contribution in [2.45, 2.75) is 13.0 Å². The smallest absolute Gasteiger partial charge is 0.124 e. The summed E-state index contributed by atoms with van der Waals surface area (Å²) in [6.07, 6.45) is 0. The molecule has 5 heteroatoms. The van der Waals surface area contributed by atoms with Crippen LogP contribution in [0.25, 0.3) is 0 Å². The van der Waals surface area contributed by atoms with E-state index in [9.17, 15) is 8.78 Å². The summed E-state index contributed by atoms with van der Waals surface area (Å²) in [5.74, 6) is -0.688. The van der Waals surface area contributed by atoms with Gasteiger partial charge >= 0.3 is 0 Å². The van der Waals surface area contributed by atoms with Crippen LogP contribution in [0, 0.1) is 11.6 Å². The Bertz CT molecular complexity index is 619. The van der Waals surface area contributed by atoms with Crippen LogP contribution in [0.3, 0.4) is 0 Å². The van der Waals surface area contributed by atoms with Gasteiger partial charge in [0.05, 0.1) is 6.04 Å². The molecule has 2 rings (SSSR count). The Morgan fingerprint density at radius 1 is 1.10 bits per heavy atom. The van der Waals surface area contributed by atoms with Crippen LogP contribution in [0.15, 0.2) is 40.9 Å². The molecule has 0 amide bonds. The van der Waals surface area contributed by atoms with Gasteiger partial charge in [0.1, 0.15) is 11.6 Å². The average molecular weight is 361 g/mol. The van der Waals surface area contributed by atoms with E-state index in [1.165, 1.54) is 30.3 Å². The molecule has 20 heavy (non-hydrogen) atoms. The maximum absolute atomic E-state index is 13.5. The first-order valence-electron chi connectivity index (χ1n) is 6.16. The highest BCUT2D eigenvalue weighted by molar-refractivity contribution is 9.10. The third-order valence-electron chi connectivity index (χ3n) is 2.95. The molecule has 0 saturated carbocycles. The molecule has 0 radical (unpaired) electrons. The van der Waals surface area contributed by atoms with E-state index in [4.69, 9.17) is 11.6 Å². The topological polar surface area (TPSA) is 12.0 Å². The van der Waals surface area contributed by atoms with Crippen molar-refractivity contribution >= 4 is 27.5 Å². The highest BCUT2D eigenvalue weighted by Gasteiger charge is 2.19. The summed E-state index contributed by atoms with van der Waals surface area (Å²) in [5.41, 5.74) is 1.43. The van der Waals surface area contributed by atoms with E-state index < -0.39 is 0 Å². The molecule has 0 fully saturated rings. The van der Waals surface area contributed by atoms with Gasteiger partial charge in [-0.1, -0.05) is 40.5 Å². The van der Waals surface area contributed by atoms with Gasteiger partial charge in [-0.2, -0.15) is 0 Å². The SMILES string of the molecule is CCNC(c1cc(F)ccc1Cl)c1ccc(F)cc1Br. The highest BCUT2D eigenvalue weighted by atomic mass is 79.9. The zero-order valence-corrected chi connectivity index (χ0v) is 13.1.